The Kier molecular flexibility index (Phi) is 9.95. The number of fused-ring (bicyclic) bond motifs is 1. The fraction of sp³-hybridized carbons (Fsp3) is 0.355. The molecule has 1 aliphatic heterocycles. The Morgan fingerprint density at radius 3 is 2.35 bits per heavy atom. The van der Waals surface area contributed by atoms with Gasteiger partial charge in [0.2, 0.25) is 10.0 Å². The van der Waals surface area contributed by atoms with Crippen molar-refractivity contribution in [3.63, 3.8) is 0 Å². The predicted octanol–water partition coefficient (Wildman–Crippen LogP) is 4.19. The maximum absolute atomic E-state index is 13.7. The molecule has 3 N–H and O–H groups in total. The first-order valence-electron chi connectivity index (χ1n) is 13.9. The zero-order valence-electron chi connectivity index (χ0n) is 24.9. The Bertz CT molecular complexity index is 1550. The van der Waals surface area contributed by atoms with Crippen LogP contribution in [0.3, 0.4) is 0 Å². The van der Waals surface area contributed by atoms with E-state index >= 15 is 0 Å². The molecule has 3 amide bonds. The van der Waals surface area contributed by atoms with Gasteiger partial charge in [0, 0.05) is 30.9 Å². The van der Waals surface area contributed by atoms with Crippen LogP contribution in [0.5, 0.6) is 11.5 Å². The van der Waals surface area contributed by atoms with E-state index in [9.17, 15) is 23.1 Å². The molecule has 0 spiro atoms. The van der Waals surface area contributed by atoms with Crippen LogP contribution in [-0.2, 0) is 10.0 Å². The van der Waals surface area contributed by atoms with Gasteiger partial charge in [-0.25, -0.2) is 13.2 Å². The van der Waals surface area contributed by atoms with Gasteiger partial charge in [-0.3, -0.25) is 4.79 Å². The molecule has 0 saturated carbocycles. The number of carbonyl (C=O) groups is 2. The summed E-state index contributed by atoms with van der Waals surface area (Å²) < 4.78 is 39.4. The van der Waals surface area contributed by atoms with Gasteiger partial charge in [0.1, 0.15) is 17.6 Å². The third-order valence-corrected chi connectivity index (χ3v) is 9.27. The zero-order valence-corrected chi connectivity index (χ0v) is 25.7. The highest BCUT2D eigenvalue weighted by atomic mass is 32.2. The molecule has 4 rings (SSSR count). The van der Waals surface area contributed by atoms with Crippen LogP contribution in [0, 0.1) is 12.8 Å². The number of aliphatic hydroxyl groups excluding tert-OH is 1. The van der Waals surface area contributed by atoms with Crippen LogP contribution >= 0.6 is 0 Å². The van der Waals surface area contributed by atoms with Gasteiger partial charge in [-0.05, 0) is 68.4 Å². The number of benzene rings is 3. The molecule has 1 heterocycles. The predicted molar refractivity (Wildman–Crippen MR) is 164 cm³/mol. The molecule has 3 atom stereocenters. The molecule has 0 saturated heterocycles. The van der Waals surface area contributed by atoms with Crippen molar-refractivity contribution < 1.29 is 32.6 Å². The number of methoxy groups -OCH3 is 1. The first kappa shape index (κ1) is 31.8. The lowest BCUT2D eigenvalue weighted by atomic mass is 9.99. The minimum Gasteiger partial charge on any atom is -0.497 e. The van der Waals surface area contributed by atoms with Gasteiger partial charge in [0.05, 0.1) is 36.8 Å². The number of nitrogens with zero attached hydrogens (tertiary/aromatic N) is 2. The Labute approximate surface area is 252 Å². The number of sulfonamides is 1. The Morgan fingerprint density at radius 2 is 1.72 bits per heavy atom. The molecule has 230 valence electrons. The van der Waals surface area contributed by atoms with E-state index in [-0.39, 0.29) is 47.7 Å². The van der Waals surface area contributed by atoms with Gasteiger partial charge in [-0.2, -0.15) is 4.31 Å². The van der Waals surface area contributed by atoms with Gasteiger partial charge in [0.25, 0.3) is 5.91 Å². The van der Waals surface area contributed by atoms with Crippen molar-refractivity contribution in [3.8, 4) is 11.5 Å². The Morgan fingerprint density at radius 1 is 1.09 bits per heavy atom. The number of likely N-dealkylation sites (N-methyl/N-ethyl adjacent to an activating group) is 1. The van der Waals surface area contributed by atoms with Gasteiger partial charge in [-0.15, -0.1) is 0 Å². The number of hydrogen-bond donors (Lipinski definition) is 3. The van der Waals surface area contributed by atoms with Crippen LogP contribution in [-0.4, -0.2) is 80.7 Å². The second-order valence-corrected chi connectivity index (χ2v) is 12.8. The smallest absolute Gasteiger partial charge is 0.323 e. The van der Waals surface area contributed by atoms with Crippen LogP contribution in [0.4, 0.5) is 16.2 Å². The summed E-state index contributed by atoms with van der Waals surface area (Å²) in [5.74, 6) is 0.245. The molecule has 0 aromatic heterocycles. The van der Waals surface area contributed by atoms with Crippen LogP contribution in [0.1, 0.15) is 29.8 Å². The normalized spacial score (nSPS) is 17.7. The zero-order chi connectivity index (χ0) is 31.3. The van der Waals surface area contributed by atoms with Crippen LogP contribution < -0.4 is 20.1 Å². The number of aliphatic hydroxyl groups is 1. The SMILES string of the molecule is COc1ccc(NC(=O)Nc2ccc3c(c2)C(=O)N([C@@H](C)CO)C[C@H](C)[C@@H](CN(C)S(=O)(=O)c2ccc(C)cc2)O3)cc1. The van der Waals surface area contributed by atoms with Crippen molar-refractivity contribution in [3.05, 3.63) is 77.9 Å². The van der Waals surface area contributed by atoms with Gasteiger partial charge >= 0.3 is 6.03 Å². The molecule has 0 bridgehead atoms. The van der Waals surface area contributed by atoms with Crippen molar-refractivity contribution >= 4 is 33.3 Å². The number of carbonyl (C=O) groups excluding carboxylic acids is 2. The molecule has 11 nitrogen and oxygen atoms in total. The number of ether oxygens (including phenoxy) is 2. The van der Waals surface area contributed by atoms with Gasteiger partial charge < -0.3 is 30.1 Å². The third kappa shape index (κ3) is 7.45. The summed E-state index contributed by atoms with van der Waals surface area (Å²) >= 11 is 0. The lowest BCUT2D eigenvalue weighted by molar-refractivity contribution is 0.0387. The van der Waals surface area contributed by atoms with E-state index in [1.807, 2.05) is 13.8 Å². The Balaban J connectivity index is 1.59. The average Bonchev–Trinajstić information content (AvgIpc) is 2.99. The fourth-order valence-corrected chi connectivity index (χ4v) is 5.91. The molecule has 0 aliphatic carbocycles. The molecule has 3 aromatic carbocycles. The number of anilines is 2. The standard InChI is InChI=1S/C31H38N4O7S/c1-20-6-13-26(14-7-20)43(39,40)34(4)18-29-21(2)17-35(22(3)19-36)30(37)27-16-24(10-15-28(27)42-29)33-31(38)32-23-8-11-25(41-5)12-9-23/h6-16,21-22,29,36H,17-19H2,1-5H3,(H2,32,33,38)/t21-,22-,29+/m0/s1. The van der Waals surface area contributed by atoms with Crippen LogP contribution in [0.15, 0.2) is 71.6 Å². The maximum Gasteiger partial charge on any atom is 0.323 e. The number of nitrogens with one attached hydrogen (secondary N) is 2. The van der Waals surface area contributed by atoms with E-state index in [0.29, 0.717) is 17.1 Å². The summed E-state index contributed by atoms with van der Waals surface area (Å²) in [4.78, 5) is 28.1. The first-order valence-corrected chi connectivity index (χ1v) is 15.3. The summed E-state index contributed by atoms with van der Waals surface area (Å²) in [7, 11) is -0.749. The molecule has 3 aromatic rings. The molecular weight excluding hydrogens is 572 g/mol. The van der Waals surface area contributed by atoms with E-state index in [0.717, 1.165) is 5.56 Å². The monoisotopic (exact) mass is 610 g/mol. The van der Waals surface area contributed by atoms with E-state index in [2.05, 4.69) is 10.6 Å². The molecule has 0 radical (unpaired) electrons. The molecule has 0 unspecified atom stereocenters. The highest BCUT2D eigenvalue weighted by Gasteiger charge is 2.35. The number of amides is 3. The molecule has 12 heteroatoms. The number of hydrogen-bond acceptors (Lipinski definition) is 7. The fourth-order valence-electron chi connectivity index (χ4n) is 4.73. The third-order valence-electron chi connectivity index (χ3n) is 7.44. The number of urea groups is 1. The molecule has 1 aliphatic rings. The molecule has 0 fully saturated rings. The van der Waals surface area contributed by atoms with Gasteiger partial charge in [-0.1, -0.05) is 24.6 Å². The van der Waals surface area contributed by atoms with Gasteiger partial charge in [0.15, 0.2) is 0 Å². The summed E-state index contributed by atoms with van der Waals surface area (Å²) in [5, 5.41) is 15.4. The lowest BCUT2D eigenvalue weighted by Crippen LogP contribution is -2.50. The first-order chi connectivity index (χ1) is 20.4. The van der Waals surface area contributed by atoms with Crippen LogP contribution in [0.2, 0.25) is 0 Å². The average molecular weight is 611 g/mol. The van der Waals surface area contributed by atoms with Crippen molar-refractivity contribution in [1.82, 2.24) is 9.21 Å². The van der Waals surface area contributed by atoms with E-state index in [1.54, 1.807) is 79.6 Å². The molecular formula is C31H38N4O7S. The van der Waals surface area contributed by atoms with Crippen molar-refractivity contribution in [2.24, 2.45) is 5.92 Å². The number of aryl methyl sites for hydroxylation is 1. The van der Waals surface area contributed by atoms with Crippen molar-refractivity contribution in [2.45, 2.75) is 37.8 Å². The topological polar surface area (TPSA) is 138 Å². The second-order valence-electron chi connectivity index (χ2n) is 10.7. The van der Waals surface area contributed by atoms with E-state index in [4.69, 9.17) is 9.47 Å². The maximum atomic E-state index is 13.7. The quantitative estimate of drug-likeness (QED) is 0.330. The van der Waals surface area contributed by atoms with Crippen molar-refractivity contribution in [1.29, 1.82) is 0 Å². The van der Waals surface area contributed by atoms with Crippen LogP contribution in [0.25, 0.3) is 0 Å². The Hall–Kier alpha value is -4.13. The lowest BCUT2D eigenvalue weighted by Gasteiger charge is -2.38. The summed E-state index contributed by atoms with van der Waals surface area (Å²) in [6.45, 7) is 5.49. The summed E-state index contributed by atoms with van der Waals surface area (Å²) in [6, 6.07) is 17.1. The largest absolute Gasteiger partial charge is 0.497 e. The number of rotatable bonds is 9. The van der Waals surface area contributed by atoms with E-state index in [1.165, 1.54) is 17.4 Å². The summed E-state index contributed by atoms with van der Waals surface area (Å²) in [6.07, 6.45) is -0.623. The summed E-state index contributed by atoms with van der Waals surface area (Å²) in [5.41, 5.74) is 2.03. The van der Waals surface area contributed by atoms with E-state index < -0.39 is 28.2 Å². The second kappa shape index (κ2) is 13.4. The molecule has 43 heavy (non-hydrogen) atoms. The van der Waals surface area contributed by atoms with Crippen molar-refractivity contribution in [2.75, 3.05) is 44.5 Å². The highest BCUT2D eigenvalue weighted by Crippen LogP contribution is 2.31. The minimum atomic E-state index is -3.80. The minimum absolute atomic E-state index is 0.0244. The highest BCUT2D eigenvalue weighted by molar-refractivity contribution is 7.89.